The van der Waals surface area contributed by atoms with Gasteiger partial charge in [0.25, 0.3) is 5.82 Å². The van der Waals surface area contributed by atoms with E-state index in [1.54, 1.807) is 0 Å². The zero-order valence-electron chi connectivity index (χ0n) is 20.4. The van der Waals surface area contributed by atoms with E-state index >= 15 is 0 Å². The maximum Gasteiger partial charge on any atom is 0.289 e. The first-order valence-corrected chi connectivity index (χ1v) is 12.2. The average Bonchev–Trinajstić information content (AvgIpc) is 3.51. The third kappa shape index (κ3) is 3.85. The SMILES string of the molecule is CC[n+]1c(/C=C/N(C)c2ccccc2)n(-c2ccccc2)c2ccc(-c3nc4ccccc4o3)cc21. The lowest BCUT2D eigenvalue weighted by Crippen LogP contribution is -2.35. The third-order valence-corrected chi connectivity index (χ3v) is 6.49. The van der Waals surface area contributed by atoms with Crippen LogP contribution in [0.5, 0.6) is 0 Å². The van der Waals surface area contributed by atoms with Crippen LogP contribution in [0.15, 0.2) is 114 Å². The van der Waals surface area contributed by atoms with Crippen molar-refractivity contribution >= 4 is 33.9 Å². The molecule has 4 aromatic carbocycles. The summed E-state index contributed by atoms with van der Waals surface area (Å²) in [7, 11) is 2.07. The first-order valence-electron chi connectivity index (χ1n) is 12.2. The van der Waals surface area contributed by atoms with Gasteiger partial charge in [-0.15, -0.1) is 0 Å². The molecule has 0 atom stereocenters. The molecule has 0 N–H and O–H groups in total. The Bertz CT molecular complexity index is 1650. The number of oxazole rings is 1. The lowest BCUT2D eigenvalue weighted by Gasteiger charge is -2.13. The van der Waals surface area contributed by atoms with E-state index in [2.05, 4.69) is 107 Å². The molecule has 0 saturated carbocycles. The lowest BCUT2D eigenvalue weighted by atomic mass is 10.2. The molecule has 5 nitrogen and oxygen atoms in total. The molecule has 6 aromatic rings. The Morgan fingerprint density at radius 1 is 0.889 bits per heavy atom. The summed E-state index contributed by atoms with van der Waals surface area (Å²) >= 11 is 0. The molecule has 0 amide bonds. The normalized spacial score (nSPS) is 11.6. The Morgan fingerprint density at radius 3 is 2.36 bits per heavy atom. The monoisotopic (exact) mass is 471 g/mol. The molecule has 0 saturated heterocycles. The molecule has 0 radical (unpaired) electrons. The van der Waals surface area contributed by atoms with Crippen LogP contribution in [0.4, 0.5) is 5.69 Å². The quantitative estimate of drug-likeness (QED) is 0.249. The van der Waals surface area contributed by atoms with Gasteiger partial charge in [0.1, 0.15) is 11.2 Å². The second-order valence-electron chi connectivity index (χ2n) is 8.73. The molecule has 2 aromatic heterocycles. The van der Waals surface area contributed by atoms with Crippen LogP contribution in [0.3, 0.4) is 0 Å². The molecule has 0 aliphatic rings. The van der Waals surface area contributed by atoms with Crippen molar-refractivity contribution in [3.05, 3.63) is 115 Å². The fourth-order valence-electron chi connectivity index (χ4n) is 4.70. The zero-order valence-corrected chi connectivity index (χ0v) is 20.4. The van der Waals surface area contributed by atoms with E-state index in [0.29, 0.717) is 5.89 Å². The molecular formula is C31H27N4O+. The minimum Gasteiger partial charge on any atom is -0.436 e. The summed E-state index contributed by atoms with van der Waals surface area (Å²) < 4.78 is 10.7. The molecule has 0 aliphatic heterocycles. The van der Waals surface area contributed by atoms with Crippen LogP contribution >= 0.6 is 0 Å². The second-order valence-corrected chi connectivity index (χ2v) is 8.73. The van der Waals surface area contributed by atoms with Gasteiger partial charge in [-0.25, -0.2) is 9.55 Å². The molecule has 6 rings (SSSR count). The Balaban J connectivity index is 1.53. The zero-order chi connectivity index (χ0) is 24.5. The largest absolute Gasteiger partial charge is 0.436 e. The summed E-state index contributed by atoms with van der Waals surface area (Å²) in [6, 6.07) is 35.2. The van der Waals surface area contributed by atoms with Crippen molar-refractivity contribution in [1.29, 1.82) is 0 Å². The smallest absolute Gasteiger partial charge is 0.289 e. The summed E-state index contributed by atoms with van der Waals surface area (Å²) in [5.41, 5.74) is 7.13. The van der Waals surface area contributed by atoms with Gasteiger partial charge in [0.15, 0.2) is 16.6 Å². The van der Waals surface area contributed by atoms with Crippen LogP contribution in [0.25, 0.3) is 45.4 Å². The van der Waals surface area contributed by atoms with E-state index in [0.717, 1.165) is 51.4 Å². The summed E-state index contributed by atoms with van der Waals surface area (Å²) in [5, 5.41) is 0. The minimum absolute atomic E-state index is 0.633. The molecule has 0 bridgehead atoms. The Hall–Kier alpha value is -4.64. The molecule has 0 fully saturated rings. The first-order chi connectivity index (χ1) is 17.7. The van der Waals surface area contributed by atoms with Gasteiger partial charge in [-0.05, 0) is 55.5 Å². The first kappa shape index (κ1) is 21.9. The van der Waals surface area contributed by atoms with Crippen LogP contribution in [0.1, 0.15) is 12.7 Å². The fraction of sp³-hybridized carbons (Fsp3) is 0.0968. The number of rotatable bonds is 6. The molecule has 0 unspecified atom stereocenters. The molecule has 0 spiro atoms. The summed E-state index contributed by atoms with van der Waals surface area (Å²) in [4.78, 5) is 6.86. The highest BCUT2D eigenvalue weighted by Crippen LogP contribution is 2.29. The van der Waals surface area contributed by atoms with Gasteiger partial charge < -0.3 is 9.32 Å². The molecule has 176 valence electrons. The van der Waals surface area contributed by atoms with Crippen LogP contribution in [0.2, 0.25) is 0 Å². The predicted octanol–water partition coefficient (Wildman–Crippen LogP) is 6.85. The number of hydrogen-bond donors (Lipinski definition) is 0. The Morgan fingerprint density at radius 2 is 1.61 bits per heavy atom. The van der Waals surface area contributed by atoms with E-state index < -0.39 is 0 Å². The molecular weight excluding hydrogens is 444 g/mol. The number of imidazole rings is 1. The molecule has 0 aliphatic carbocycles. The lowest BCUT2D eigenvalue weighted by molar-refractivity contribution is -0.670. The molecule has 2 heterocycles. The van der Waals surface area contributed by atoms with E-state index in [9.17, 15) is 0 Å². The topological polar surface area (TPSA) is 38.1 Å². The van der Waals surface area contributed by atoms with Gasteiger partial charge in [0, 0.05) is 36.6 Å². The predicted molar refractivity (Wildman–Crippen MR) is 146 cm³/mol. The summed E-state index contributed by atoms with van der Waals surface area (Å²) in [6.45, 7) is 3.00. The van der Waals surface area contributed by atoms with Gasteiger partial charge in [-0.2, -0.15) is 4.57 Å². The second kappa shape index (κ2) is 9.19. The number of benzene rings is 4. The maximum absolute atomic E-state index is 6.08. The van der Waals surface area contributed by atoms with Gasteiger partial charge >= 0.3 is 0 Å². The highest BCUT2D eigenvalue weighted by molar-refractivity contribution is 5.83. The van der Waals surface area contributed by atoms with E-state index in [4.69, 9.17) is 9.40 Å². The highest BCUT2D eigenvalue weighted by atomic mass is 16.3. The van der Waals surface area contributed by atoms with Gasteiger partial charge in [-0.1, -0.05) is 48.5 Å². The third-order valence-electron chi connectivity index (χ3n) is 6.49. The van der Waals surface area contributed by atoms with Crippen molar-refractivity contribution in [1.82, 2.24) is 9.55 Å². The van der Waals surface area contributed by atoms with Crippen molar-refractivity contribution in [2.45, 2.75) is 13.5 Å². The Kier molecular flexibility index (Phi) is 5.58. The van der Waals surface area contributed by atoms with E-state index in [1.165, 1.54) is 0 Å². The molecule has 5 heteroatoms. The highest BCUT2D eigenvalue weighted by Gasteiger charge is 2.25. The standard InChI is InChI=1S/C31H27N4O/c1-3-34-28-22-23(31-32-26-16-10-11-17-29(26)36-31)18-19-27(28)35(25-14-8-5-9-15-25)30(34)20-21-33(2)24-12-6-4-7-13-24/h4-22H,3H2,1-2H3/q+1. The van der Waals surface area contributed by atoms with Crippen LogP contribution < -0.4 is 9.47 Å². The Labute approximate surface area is 210 Å². The number of para-hydroxylation sites is 4. The fourth-order valence-corrected chi connectivity index (χ4v) is 4.70. The van der Waals surface area contributed by atoms with E-state index in [-0.39, 0.29) is 0 Å². The number of aromatic nitrogens is 3. The van der Waals surface area contributed by atoms with Crippen molar-refractivity contribution < 1.29 is 8.98 Å². The van der Waals surface area contributed by atoms with Crippen LogP contribution in [-0.4, -0.2) is 16.6 Å². The number of hydrogen-bond acceptors (Lipinski definition) is 3. The summed E-state index contributed by atoms with van der Waals surface area (Å²) in [5.74, 6) is 1.73. The van der Waals surface area contributed by atoms with Crippen molar-refractivity contribution in [3.63, 3.8) is 0 Å². The maximum atomic E-state index is 6.08. The van der Waals surface area contributed by atoms with Gasteiger partial charge in [0.2, 0.25) is 5.89 Å². The van der Waals surface area contributed by atoms with Crippen molar-refractivity contribution in [3.8, 4) is 17.1 Å². The van der Waals surface area contributed by atoms with Gasteiger partial charge in [-0.3, -0.25) is 0 Å². The number of aryl methyl sites for hydroxylation is 1. The summed E-state index contributed by atoms with van der Waals surface area (Å²) in [6.07, 6.45) is 4.31. The van der Waals surface area contributed by atoms with Gasteiger partial charge in [0.05, 0.1) is 6.54 Å². The number of nitrogens with zero attached hydrogens (tertiary/aromatic N) is 4. The number of anilines is 1. The van der Waals surface area contributed by atoms with Crippen molar-refractivity contribution in [2.24, 2.45) is 0 Å². The van der Waals surface area contributed by atoms with Crippen LogP contribution in [0, 0.1) is 0 Å². The number of fused-ring (bicyclic) bond motifs is 2. The minimum atomic E-state index is 0.633. The average molecular weight is 472 g/mol. The van der Waals surface area contributed by atoms with Crippen molar-refractivity contribution in [2.75, 3.05) is 11.9 Å². The molecule has 36 heavy (non-hydrogen) atoms. The van der Waals surface area contributed by atoms with E-state index in [1.807, 2.05) is 36.4 Å². The van der Waals surface area contributed by atoms with Crippen LogP contribution in [-0.2, 0) is 6.54 Å².